The number of carboxylic acid groups (broad SMARTS) is 1. The van der Waals surface area contributed by atoms with Crippen LogP contribution in [0.15, 0.2) is 53.4 Å². The molecule has 0 aliphatic carbocycles. The average molecular weight is 296 g/mol. The summed E-state index contributed by atoms with van der Waals surface area (Å²) in [6.45, 7) is 0.325. The molecular formula is C15H12N4O3. The van der Waals surface area contributed by atoms with Gasteiger partial charge in [-0.15, -0.1) is 0 Å². The number of aromatic nitrogens is 3. The van der Waals surface area contributed by atoms with E-state index in [2.05, 4.69) is 20.3 Å². The number of pyridine rings is 1. The highest BCUT2D eigenvalue weighted by atomic mass is 16.4. The van der Waals surface area contributed by atoms with E-state index in [4.69, 9.17) is 4.42 Å². The van der Waals surface area contributed by atoms with E-state index >= 15 is 0 Å². The molecule has 0 unspecified atom stereocenters. The van der Waals surface area contributed by atoms with Crippen LogP contribution in [0.3, 0.4) is 0 Å². The smallest absolute Gasteiger partial charge is 0.341 e. The lowest BCUT2D eigenvalue weighted by Gasteiger charge is -2.08. The Balaban J connectivity index is 1.92. The molecular weight excluding hydrogens is 284 g/mol. The summed E-state index contributed by atoms with van der Waals surface area (Å²) in [7, 11) is 0. The molecule has 3 aromatic heterocycles. The van der Waals surface area contributed by atoms with Crippen molar-refractivity contribution in [3.63, 3.8) is 0 Å². The molecule has 22 heavy (non-hydrogen) atoms. The zero-order chi connectivity index (χ0) is 15.4. The Morgan fingerprint density at radius 2 is 2.14 bits per heavy atom. The van der Waals surface area contributed by atoms with Gasteiger partial charge >= 0.3 is 5.97 Å². The third-order valence-electron chi connectivity index (χ3n) is 2.92. The highest BCUT2D eigenvalue weighted by Gasteiger charge is 2.15. The molecule has 0 aliphatic heterocycles. The molecule has 0 amide bonds. The lowest BCUT2D eigenvalue weighted by molar-refractivity contribution is 0.0697. The van der Waals surface area contributed by atoms with Gasteiger partial charge in [0.25, 0.3) is 0 Å². The molecule has 3 heterocycles. The second kappa shape index (κ2) is 6.04. The first-order chi connectivity index (χ1) is 10.7. The molecule has 3 aromatic rings. The first-order valence-corrected chi connectivity index (χ1v) is 6.52. The van der Waals surface area contributed by atoms with E-state index in [9.17, 15) is 9.90 Å². The molecule has 0 spiro atoms. The molecule has 0 bridgehead atoms. The SMILES string of the molecule is O=C(O)c1cnc(-c2ccccn2)nc1NCc1ccco1. The number of carbonyl (C=O) groups is 1. The Kier molecular flexibility index (Phi) is 3.78. The summed E-state index contributed by atoms with van der Waals surface area (Å²) in [5.74, 6) is 0.149. The van der Waals surface area contributed by atoms with Gasteiger partial charge in [0.2, 0.25) is 0 Å². The van der Waals surface area contributed by atoms with E-state index in [1.165, 1.54) is 6.20 Å². The van der Waals surface area contributed by atoms with Gasteiger partial charge in [0, 0.05) is 12.4 Å². The van der Waals surface area contributed by atoms with Crippen molar-refractivity contribution in [3.05, 3.63) is 60.3 Å². The van der Waals surface area contributed by atoms with Gasteiger partial charge in [-0.05, 0) is 24.3 Å². The predicted molar refractivity (Wildman–Crippen MR) is 78.3 cm³/mol. The number of rotatable bonds is 5. The van der Waals surface area contributed by atoms with Gasteiger partial charge in [0.05, 0.1) is 12.8 Å². The van der Waals surface area contributed by atoms with Gasteiger partial charge in [-0.2, -0.15) is 0 Å². The fourth-order valence-corrected chi connectivity index (χ4v) is 1.88. The Morgan fingerprint density at radius 3 is 2.82 bits per heavy atom. The van der Waals surface area contributed by atoms with Crippen molar-refractivity contribution in [1.82, 2.24) is 15.0 Å². The second-order valence-corrected chi connectivity index (χ2v) is 4.41. The third-order valence-corrected chi connectivity index (χ3v) is 2.92. The van der Waals surface area contributed by atoms with E-state index in [-0.39, 0.29) is 11.4 Å². The van der Waals surface area contributed by atoms with Gasteiger partial charge in [0.1, 0.15) is 22.8 Å². The summed E-state index contributed by atoms with van der Waals surface area (Å²) >= 11 is 0. The predicted octanol–water partition coefficient (Wildman–Crippen LogP) is 2.44. The lowest BCUT2D eigenvalue weighted by atomic mass is 10.2. The maximum absolute atomic E-state index is 11.3. The Morgan fingerprint density at radius 1 is 1.23 bits per heavy atom. The number of furan rings is 1. The topological polar surface area (TPSA) is 101 Å². The monoisotopic (exact) mass is 296 g/mol. The minimum absolute atomic E-state index is 0.00811. The number of nitrogens with one attached hydrogen (secondary N) is 1. The first kappa shape index (κ1) is 13.7. The van der Waals surface area contributed by atoms with Crippen LogP contribution in [0.2, 0.25) is 0 Å². The van der Waals surface area contributed by atoms with Gasteiger partial charge < -0.3 is 14.8 Å². The number of hydrogen-bond donors (Lipinski definition) is 2. The van der Waals surface area contributed by atoms with Crippen LogP contribution in [0.4, 0.5) is 5.82 Å². The van der Waals surface area contributed by atoms with Gasteiger partial charge in [-0.1, -0.05) is 6.07 Å². The summed E-state index contributed by atoms with van der Waals surface area (Å²) in [5.41, 5.74) is 0.562. The van der Waals surface area contributed by atoms with E-state index in [0.717, 1.165) is 0 Å². The maximum Gasteiger partial charge on any atom is 0.341 e. The number of aromatic carboxylic acids is 1. The number of hydrogen-bond acceptors (Lipinski definition) is 6. The summed E-state index contributed by atoms with van der Waals surface area (Å²) in [6.07, 6.45) is 4.44. The number of anilines is 1. The largest absolute Gasteiger partial charge is 0.477 e. The average Bonchev–Trinajstić information content (AvgIpc) is 3.07. The van der Waals surface area contributed by atoms with Gasteiger partial charge in [0.15, 0.2) is 5.82 Å². The first-order valence-electron chi connectivity index (χ1n) is 6.52. The van der Waals surface area contributed by atoms with Crippen molar-refractivity contribution < 1.29 is 14.3 Å². The maximum atomic E-state index is 11.3. The Hall–Kier alpha value is -3.22. The molecule has 7 nitrogen and oxygen atoms in total. The molecule has 0 fully saturated rings. The fraction of sp³-hybridized carbons (Fsp3) is 0.0667. The van der Waals surface area contributed by atoms with Crippen molar-refractivity contribution in [2.24, 2.45) is 0 Å². The normalized spacial score (nSPS) is 10.4. The van der Waals surface area contributed by atoms with Crippen LogP contribution in [0.25, 0.3) is 11.5 Å². The molecule has 2 N–H and O–H groups in total. The quantitative estimate of drug-likeness (QED) is 0.745. The van der Waals surface area contributed by atoms with E-state index in [1.54, 1.807) is 36.7 Å². The van der Waals surface area contributed by atoms with Crippen molar-refractivity contribution in [3.8, 4) is 11.5 Å². The molecule has 0 saturated heterocycles. The van der Waals surface area contributed by atoms with Crippen molar-refractivity contribution in [2.45, 2.75) is 6.54 Å². The van der Waals surface area contributed by atoms with Crippen LogP contribution in [-0.2, 0) is 6.54 Å². The fourth-order valence-electron chi connectivity index (χ4n) is 1.88. The Labute approximate surface area is 125 Å². The zero-order valence-corrected chi connectivity index (χ0v) is 11.4. The minimum atomic E-state index is -1.10. The molecule has 0 saturated carbocycles. The summed E-state index contributed by atoms with van der Waals surface area (Å²) in [6, 6.07) is 8.90. The molecule has 3 rings (SSSR count). The zero-order valence-electron chi connectivity index (χ0n) is 11.4. The highest BCUT2D eigenvalue weighted by Crippen LogP contribution is 2.18. The molecule has 0 atom stereocenters. The molecule has 110 valence electrons. The van der Waals surface area contributed by atoms with E-state index in [1.807, 2.05) is 6.07 Å². The van der Waals surface area contributed by atoms with Crippen LogP contribution in [0, 0.1) is 0 Å². The van der Waals surface area contributed by atoms with Gasteiger partial charge in [-0.25, -0.2) is 14.8 Å². The minimum Gasteiger partial charge on any atom is -0.477 e. The standard InChI is InChI=1S/C15H12N4O3/c20-15(21)11-9-18-14(12-5-1-2-6-16-12)19-13(11)17-8-10-4-3-7-22-10/h1-7,9H,8H2,(H,20,21)(H,17,18,19). The Bertz CT molecular complexity index is 773. The molecule has 0 radical (unpaired) electrons. The highest BCUT2D eigenvalue weighted by molar-refractivity contribution is 5.93. The molecule has 0 aliphatic rings. The lowest BCUT2D eigenvalue weighted by Crippen LogP contribution is -2.10. The van der Waals surface area contributed by atoms with Crippen molar-refractivity contribution >= 4 is 11.8 Å². The van der Waals surface area contributed by atoms with Crippen LogP contribution in [-0.4, -0.2) is 26.0 Å². The van der Waals surface area contributed by atoms with Gasteiger partial charge in [-0.3, -0.25) is 4.98 Å². The number of nitrogens with zero attached hydrogens (tertiary/aromatic N) is 3. The van der Waals surface area contributed by atoms with Crippen LogP contribution >= 0.6 is 0 Å². The van der Waals surface area contributed by atoms with Crippen LogP contribution in [0.1, 0.15) is 16.1 Å². The second-order valence-electron chi connectivity index (χ2n) is 4.41. The summed E-state index contributed by atoms with van der Waals surface area (Å²) in [4.78, 5) is 23.7. The van der Waals surface area contributed by atoms with Crippen molar-refractivity contribution in [2.75, 3.05) is 5.32 Å². The van der Waals surface area contributed by atoms with Crippen LogP contribution < -0.4 is 5.32 Å². The van der Waals surface area contributed by atoms with Crippen LogP contribution in [0.5, 0.6) is 0 Å². The summed E-state index contributed by atoms with van der Waals surface area (Å²) < 4.78 is 5.20. The van der Waals surface area contributed by atoms with Crippen molar-refractivity contribution in [1.29, 1.82) is 0 Å². The van der Waals surface area contributed by atoms with E-state index < -0.39 is 5.97 Å². The third kappa shape index (κ3) is 2.93. The van der Waals surface area contributed by atoms with E-state index in [0.29, 0.717) is 23.8 Å². The molecule has 7 heteroatoms. The number of carboxylic acids is 1. The molecule has 0 aromatic carbocycles. The summed E-state index contributed by atoms with van der Waals surface area (Å²) in [5, 5.41) is 12.2.